The Morgan fingerprint density at radius 3 is 0.795 bits per heavy atom. The van der Waals surface area contributed by atoms with Crippen molar-refractivity contribution >= 4 is 35.8 Å². The van der Waals surface area contributed by atoms with Gasteiger partial charge in [-0.25, -0.2) is 0 Å². The van der Waals surface area contributed by atoms with E-state index in [0.717, 1.165) is 0 Å². The molecule has 0 aliphatic carbocycles. The van der Waals surface area contributed by atoms with Crippen LogP contribution in [0.25, 0.3) is 0 Å². The van der Waals surface area contributed by atoms with Crippen molar-refractivity contribution in [2.45, 2.75) is 99.3 Å². The molecular weight excluding hydrogens is 580 g/mol. The van der Waals surface area contributed by atoms with Crippen LogP contribution in [0.2, 0.25) is 0 Å². The largest absolute Gasteiger partial charge is 0.465 e. The Morgan fingerprint density at radius 2 is 0.591 bits per heavy atom. The van der Waals surface area contributed by atoms with Crippen LogP contribution in [0.4, 0.5) is 0 Å². The van der Waals surface area contributed by atoms with E-state index < -0.39 is 46.6 Å². The number of ether oxygens (including phenoxy) is 7. The van der Waals surface area contributed by atoms with E-state index in [4.69, 9.17) is 33.2 Å². The first kappa shape index (κ1) is 40.8. The standard InChI is InChI=1S/C31H52O13/c1-7-13-27(35)42-21-30(18-39-24(32)10-4,19-40-25(33)11-5)16-38-17-31(20-41-26(34)12-6,22-43-28(36)14-8-2)23-44-29(37)15-9-3/h7-23H2,1-6H3. The minimum Gasteiger partial charge on any atom is -0.465 e. The van der Waals surface area contributed by atoms with E-state index in [9.17, 15) is 28.8 Å². The fraction of sp³-hybridized carbons (Fsp3) is 0.806. The molecule has 0 amide bonds. The lowest BCUT2D eigenvalue weighted by atomic mass is 9.90. The molecule has 0 spiro atoms. The number of carbonyl (C=O) groups is 6. The first-order valence-electron chi connectivity index (χ1n) is 15.5. The van der Waals surface area contributed by atoms with Crippen molar-refractivity contribution in [2.24, 2.45) is 10.8 Å². The topological polar surface area (TPSA) is 167 Å². The van der Waals surface area contributed by atoms with E-state index in [2.05, 4.69) is 0 Å². The molecule has 13 heteroatoms. The lowest BCUT2D eigenvalue weighted by molar-refractivity contribution is -0.175. The summed E-state index contributed by atoms with van der Waals surface area (Å²) in [6.07, 6.45) is 2.34. The van der Waals surface area contributed by atoms with E-state index in [0.29, 0.717) is 19.3 Å². The molecule has 0 saturated carbocycles. The van der Waals surface area contributed by atoms with Crippen molar-refractivity contribution in [3.63, 3.8) is 0 Å². The Kier molecular flexibility index (Phi) is 21.5. The Hall–Kier alpha value is -3.22. The molecule has 13 nitrogen and oxygen atoms in total. The van der Waals surface area contributed by atoms with E-state index in [1.54, 1.807) is 20.8 Å². The zero-order valence-electron chi connectivity index (χ0n) is 27.3. The molecule has 0 radical (unpaired) electrons. The predicted octanol–water partition coefficient (Wildman–Crippen LogP) is 3.87. The molecule has 254 valence electrons. The summed E-state index contributed by atoms with van der Waals surface area (Å²) in [5.74, 6) is -3.05. The molecule has 0 aromatic heterocycles. The van der Waals surface area contributed by atoms with E-state index in [1.165, 1.54) is 0 Å². The van der Waals surface area contributed by atoms with Gasteiger partial charge in [0, 0.05) is 38.5 Å². The lowest BCUT2D eigenvalue weighted by Crippen LogP contribution is -2.47. The van der Waals surface area contributed by atoms with E-state index >= 15 is 0 Å². The van der Waals surface area contributed by atoms with Crippen LogP contribution in [0.1, 0.15) is 99.3 Å². The second kappa shape index (κ2) is 23.2. The van der Waals surface area contributed by atoms with Crippen LogP contribution < -0.4 is 0 Å². The van der Waals surface area contributed by atoms with Gasteiger partial charge in [0.2, 0.25) is 0 Å². The van der Waals surface area contributed by atoms with Crippen molar-refractivity contribution in [2.75, 3.05) is 52.9 Å². The normalized spacial score (nSPS) is 11.3. The Balaban J connectivity index is 6.32. The SMILES string of the molecule is CCCC(=O)OCC(COCC(COC(=O)CC)(COC(=O)CCC)COC(=O)CCC)(COC(=O)CC)COC(=O)CC. The molecule has 0 N–H and O–H groups in total. The minimum atomic E-state index is -1.30. The fourth-order valence-electron chi connectivity index (χ4n) is 3.52. The molecule has 0 heterocycles. The smallest absolute Gasteiger partial charge is 0.305 e. The van der Waals surface area contributed by atoms with Crippen molar-refractivity contribution in [3.05, 3.63) is 0 Å². The van der Waals surface area contributed by atoms with Crippen molar-refractivity contribution < 1.29 is 61.9 Å². The van der Waals surface area contributed by atoms with Crippen LogP contribution in [-0.4, -0.2) is 88.7 Å². The summed E-state index contributed by atoms with van der Waals surface area (Å²) in [6, 6.07) is 0. The van der Waals surface area contributed by atoms with Gasteiger partial charge >= 0.3 is 35.8 Å². The fourth-order valence-corrected chi connectivity index (χ4v) is 3.52. The molecular formula is C31H52O13. The quantitative estimate of drug-likeness (QED) is 0.105. The second-order valence-electron chi connectivity index (χ2n) is 10.8. The van der Waals surface area contributed by atoms with Gasteiger partial charge in [-0.05, 0) is 19.3 Å². The molecule has 0 aliphatic rings. The van der Waals surface area contributed by atoms with E-state index in [-0.39, 0.29) is 91.4 Å². The first-order valence-corrected chi connectivity index (χ1v) is 15.5. The maximum atomic E-state index is 12.3. The van der Waals surface area contributed by atoms with Crippen LogP contribution in [0.5, 0.6) is 0 Å². The minimum absolute atomic E-state index is 0.0828. The van der Waals surface area contributed by atoms with Gasteiger partial charge in [-0.1, -0.05) is 41.5 Å². The van der Waals surface area contributed by atoms with E-state index in [1.807, 2.05) is 20.8 Å². The molecule has 44 heavy (non-hydrogen) atoms. The van der Waals surface area contributed by atoms with Crippen LogP contribution in [0.3, 0.4) is 0 Å². The van der Waals surface area contributed by atoms with Gasteiger partial charge in [0.1, 0.15) is 39.6 Å². The van der Waals surface area contributed by atoms with Gasteiger partial charge < -0.3 is 33.2 Å². The van der Waals surface area contributed by atoms with Crippen LogP contribution >= 0.6 is 0 Å². The van der Waals surface area contributed by atoms with Crippen molar-refractivity contribution in [1.82, 2.24) is 0 Å². The number of hydrogen-bond donors (Lipinski definition) is 0. The molecule has 0 atom stereocenters. The number of rotatable bonds is 25. The lowest BCUT2D eigenvalue weighted by Gasteiger charge is -2.35. The highest BCUT2D eigenvalue weighted by Gasteiger charge is 2.40. The molecule has 0 unspecified atom stereocenters. The van der Waals surface area contributed by atoms with Crippen LogP contribution in [-0.2, 0) is 61.9 Å². The monoisotopic (exact) mass is 632 g/mol. The predicted molar refractivity (Wildman–Crippen MR) is 157 cm³/mol. The summed E-state index contributed by atoms with van der Waals surface area (Å²) in [5, 5.41) is 0. The summed E-state index contributed by atoms with van der Waals surface area (Å²) >= 11 is 0. The third kappa shape index (κ3) is 17.8. The summed E-state index contributed by atoms with van der Waals surface area (Å²) in [5.41, 5.74) is -2.61. The number of esters is 6. The first-order chi connectivity index (χ1) is 20.9. The second-order valence-corrected chi connectivity index (χ2v) is 10.8. The van der Waals surface area contributed by atoms with Gasteiger partial charge in [0.05, 0.1) is 24.0 Å². The number of hydrogen-bond acceptors (Lipinski definition) is 13. The average molecular weight is 633 g/mol. The Morgan fingerprint density at radius 1 is 0.364 bits per heavy atom. The van der Waals surface area contributed by atoms with Crippen LogP contribution in [0.15, 0.2) is 0 Å². The zero-order valence-corrected chi connectivity index (χ0v) is 27.3. The molecule has 0 fully saturated rings. The highest BCUT2D eigenvalue weighted by molar-refractivity contribution is 5.71. The Labute approximate surface area is 260 Å². The maximum Gasteiger partial charge on any atom is 0.305 e. The van der Waals surface area contributed by atoms with Gasteiger partial charge in [-0.3, -0.25) is 28.8 Å². The van der Waals surface area contributed by atoms with Crippen molar-refractivity contribution in [3.8, 4) is 0 Å². The third-order valence-corrected chi connectivity index (χ3v) is 6.28. The molecule has 0 aliphatic heterocycles. The number of carbonyl (C=O) groups excluding carboxylic acids is 6. The van der Waals surface area contributed by atoms with Crippen LogP contribution in [0, 0.1) is 10.8 Å². The van der Waals surface area contributed by atoms with Gasteiger partial charge in [-0.15, -0.1) is 0 Å². The molecule has 0 rings (SSSR count). The highest BCUT2D eigenvalue weighted by Crippen LogP contribution is 2.26. The third-order valence-electron chi connectivity index (χ3n) is 6.28. The summed E-state index contributed by atoms with van der Waals surface area (Å²) < 4.78 is 38.7. The summed E-state index contributed by atoms with van der Waals surface area (Å²) in [7, 11) is 0. The zero-order chi connectivity index (χ0) is 33.4. The summed E-state index contributed by atoms with van der Waals surface area (Å²) in [4.78, 5) is 73.1. The molecule has 0 saturated heterocycles. The Bertz CT molecular complexity index is 857. The summed E-state index contributed by atoms with van der Waals surface area (Å²) in [6.45, 7) is 8.00. The van der Waals surface area contributed by atoms with Gasteiger partial charge in [-0.2, -0.15) is 0 Å². The van der Waals surface area contributed by atoms with Crippen molar-refractivity contribution in [1.29, 1.82) is 0 Å². The molecule has 0 bridgehead atoms. The maximum absolute atomic E-state index is 12.3. The molecule has 0 aromatic carbocycles. The van der Waals surface area contributed by atoms with Gasteiger partial charge in [0.25, 0.3) is 0 Å². The molecule has 0 aromatic rings. The highest BCUT2D eigenvalue weighted by atomic mass is 16.6. The van der Waals surface area contributed by atoms with Gasteiger partial charge in [0.15, 0.2) is 0 Å². The average Bonchev–Trinajstić information content (AvgIpc) is 3.01.